The maximum absolute atomic E-state index is 5.63. The van der Waals surface area contributed by atoms with E-state index in [1.165, 1.54) is 22.7 Å². The predicted molar refractivity (Wildman–Crippen MR) is 93.7 cm³/mol. The number of anilines is 2. The van der Waals surface area contributed by atoms with Crippen molar-refractivity contribution in [1.29, 1.82) is 0 Å². The van der Waals surface area contributed by atoms with Gasteiger partial charge in [-0.15, -0.1) is 0 Å². The second-order valence-electron chi connectivity index (χ2n) is 6.18. The summed E-state index contributed by atoms with van der Waals surface area (Å²) in [6.45, 7) is 7.25. The Morgan fingerprint density at radius 3 is 2.87 bits per heavy atom. The first kappa shape index (κ1) is 14.9. The van der Waals surface area contributed by atoms with Gasteiger partial charge in [0.1, 0.15) is 0 Å². The molecule has 6 nitrogen and oxygen atoms in total. The van der Waals surface area contributed by atoms with Gasteiger partial charge in [0.05, 0.1) is 0 Å². The van der Waals surface area contributed by atoms with Gasteiger partial charge < -0.3 is 16.0 Å². The number of nitrogens with two attached hydrogens (primary N) is 1. The molecule has 23 heavy (non-hydrogen) atoms. The van der Waals surface area contributed by atoms with Crippen LogP contribution in [0.4, 0.5) is 11.1 Å². The fourth-order valence-electron chi connectivity index (χ4n) is 3.45. The quantitative estimate of drug-likeness (QED) is 0.878. The lowest BCUT2D eigenvalue weighted by atomic mass is 9.95. The molecule has 7 heteroatoms. The molecule has 0 aliphatic carbocycles. The minimum absolute atomic E-state index is 0.386. The third-order valence-electron chi connectivity index (χ3n) is 4.71. The Hall–Kier alpha value is -1.70. The molecule has 3 heterocycles. The summed E-state index contributed by atoms with van der Waals surface area (Å²) in [7, 11) is 0. The van der Waals surface area contributed by atoms with Crippen LogP contribution < -0.4 is 16.0 Å². The molecule has 0 amide bonds. The first-order valence-corrected chi connectivity index (χ1v) is 8.94. The van der Waals surface area contributed by atoms with Crippen LogP contribution in [0.15, 0.2) is 18.2 Å². The molecule has 2 aliphatic rings. The van der Waals surface area contributed by atoms with E-state index < -0.39 is 0 Å². The number of fused-ring (bicyclic) bond motifs is 1. The molecule has 1 fully saturated rings. The van der Waals surface area contributed by atoms with E-state index in [1.807, 2.05) is 0 Å². The maximum atomic E-state index is 5.63. The van der Waals surface area contributed by atoms with E-state index in [9.17, 15) is 0 Å². The average molecular weight is 330 g/mol. The minimum Gasteiger partial charge on any atom is -0.367 e. The maximum Gasteiger partial charge on any atom is 0.233 e. The molecule has 0 radical (unpaired) electrons. The average Bonchev–Trinajstić information content (AvgIpc) is 3.02. The molecular formula is C16H22N6S. The number of nitrogen functional groups attached to an aromatic ring is 1. The van der Waals surface area contributed by atoms with E-state index in [-0.39, 0.29) is 0 Å². The number of piperazine rings is 1. The summed E-state index contributed by atoms with van der Waals surface area (Å²) in [5.41, 5.74) is 10.2. The van der Waals surface area contributed by atoms with Crippen molar-refractivity contribution in [2.24, 2.45) is 0 Å². The number of benzene rings is 1. The van der Waals surface area contributed by atoms with Gasteiger partial charge in [-0.1, -0.05) is 18.2 Å². The SMILES string of the molecule is Nc1nsc(N2CCN(Cc3cccc4c3CCNC4)CC2)n1. The topological polar surface area (TPSA) is 70.3 Å². The highest BCUT2D eigenvalue weighted by Crippen LogP contribution is 2.23. The zero-order valence-electron chi connectivity index (χ0n) is 13.2. The Bertz CT molecular complexity index is 677. The highest BCUT2D eigenvalue weighted by atomic mass is 32.1. The summed E-state index contributed by atoms with van der Waals surface area (Å²) in [6, 6.07) is 6.74. The van der Waals surface area contributed by atoms with Crippen LogP contribution in [0.1, 0.15) is 16.7 Å². The highest BCUT2D eigenvalue weighted by Gasteiger charge is 2.21. The van der Waals surface area contributed by atoms with Crippen LogP contribution >= 0.6 is 11.5 Å². The van der Waals surface area contributed by atoms with Crippen LogP contribution in [0.2, 0.25) is 0 Å². The monoisotopic (exact) mass is 330 g/mol. The van der Waals surface area contributed by atoms with Crippen molar-refractivity contribution in [1.82, 2.24) is 19.6 Å². The van der Waals surface area contributed by atoms with Crippen LogP contribution in [0.5, 0.6) is 0 Å². The van der Waals surface area contributed by atoms with Gasteiger partial charge in [-0.25, -0.2) is 0 Å². The fraction of sp³-hybridized carbons (Fsp3) is 0.500. The summed E-state index contributed by atoms with van der Waals surface area (Å²) in [4.78, 5) is 9.11. The van der Waals surface area contributed by atoms with Crippen molar-refractivity contribution in [2.75, 3.05) is 43.4 Å². The summed E-state index contributed by atoms with van der Waals surface area (Å²) in [5.74, 6) is 0.386. The molecule has 2 aliphatic heterocycles. The van der Waals surface area contributed by atoms with E-state index in [2.05, 4.69) is 42.7 Å². The molecule has 0 unspecified atom stereocenters. The second kappa shape index (κ2) is 6.43. The normalized spacial score (nSPS) is 18.9. The van der Waals surface area contributed by atoms with Crippen molar-refractivity contribution in [2.45, 2.75) is 19.5 Å². The van der Waals surface area contributed by atoms with Gasteiger partial charge in [-0.2, -0.15) is 9.36 Å². The van der Waals surface area contributed by atoms with Crippen LogP contribution in [-0.4, -0.2) is 47.0 Å². The predicted octanol–water partition coefficient (Wildman–Crippen LogP) is 1.09. The largest absolute Gasteiger partial charge is 0.367 e. The molecule has 1 aromatic heterocycles. The van der Waals surface area contributed by atoms with Crippen molar-refractivity contribution in [3.8, 4) is 0 Å². The highest BCUT2D eigenvalue weighted by molar-refractivity contribution is 7.09. The van der Waals surface area contributed by atoms with Gasteiger partial charge in [0.25, 0.3) is 0 Å². The van der Waals surface area contributed by atoms with Gasteiger partial charge in [0.2, 0.25) is 11.1 Å². The van der Waals surface area contributed by atoms with Crippen LogP contribution in [0.25, 0.3) is 0 Å². The summed E-state index contributed by atoms with van der Waals surface area (Å²) in [5, 5.41) is 4.40. The van der Waals surface area contributed by atoms with Crippen LogP contribution in [-0.2, 0) is 19.5 Å². The van der Waals surface area contributed by atoms with Gasteiger partial charge in [0, 0.05) is 50.8 Å². The summed E-state index contributed by atoms with van der Waals surface area (Å²) in [6.07, 6.45) is 1.15. The molecule has 0 bridgehead atoms. The smallest absolute Gasteiger partial charge is 0.233 e. The number of rotatable bonds is 3. The van der Waals surface area contributed by atoms with E-state index >= 15 is 0 Å². The zero-order valence-corrected chi connectivity index (χ0v) is 14.0. The Balaban J connectivity index is 1.40. The molecule has 0 atom stereocenters. The van der Waals surface area contributed by atoms with Gasteiger partial charge in [-0.05, 0) is 29.7 Å². The number of hydrogen-bond donors (Lipinski definition) is 2. The molecule has 1 saturated heterocycles. The Morgan fingerprint density at radius 2 is 2.09 bits per heavy atom. The number of nitrogens with zero attached hydrogens (tertiary/aromatic N) is 4. The summed E-state index contributed by atoms with van der Waals surface area (Å²) < 4.78 is 4.07. The summed E-state index contributed by atoms with van der Waals surface area (Å²) >= 11 is 1.39. The van der Waals surface area contributed by atoms with Crippen LogP contribution in [0.3, 0.4) is 0 Å². The van der Waals surface area contributed by atoms with Crippen LogP contribution in [0, 0.1) is 0 Å². The fourth-order valence-corrected chi connectivity index (χ4v) is 4.10. The lowest BCUT2D eigenvalue weighted by Crippen LogP contribution is -2.46. The minimum atomic E-state index is 0.386. The molecule has 2 aromatic rings. The Morgan fingerprint density at radius 1 is 1.22 bits per heavy atom. The van der Waals surface area contributed by atoms with Crippen molar-refractivity contribution >= 4 is 22.6 Å². The van der Waals surface area contributed by atoms with Gasteiger partial charge in [0.15, 0.2) is 0 Å². The third-order valence-corrected chi connectivity index (χ3v) is 5.50. The number of hydrogen-bond acceptors (Lipinski definition) is 7. The second-order valence-corrected chi connectivity index (χ2v) is 6.91. The van der Waals surface area contributed by atoms with E-state index in [1.54, 1.807) is 5.56 Å². The van der Waals surface area contributed by atoms with Crippen molar-refractivity contribution < 1.29 is 0 Å². The first-order chi connectivity index (χ1) is 11.3. The van der Waals surface area contributed by atoms with E-state index in [0.717, 1.165) is 57.4 Å². The van der Waals surface area contributed by atoms with Gasteiger partial charge in [-0.3, -0.25) is 4.90 Å². The lowest BCUT2D eigenvalue weighted by molar-refractivity contribution is 0.249. The Kier molecular flexibility index (Phi) is 4.15. The third kappa shape index (κ3) is 3.17. The molecule has 122 valence electrons. The van der Waals surface area contributed by atoms with Crippen molar-refractivity contribution in [3.05, 3.63) is 34.9 Å². The molecule has 3 N–H and O–H groups in total. The lowest BCUT2D eigenvalue weighted by Gasteiger charge is -2.35. The van der Waals surface area contributed by atoms with E-state index in [0.29, 0.717) is 5.95 Å². The standard InChI is InChI=1S/C16H22N6S/c17-15-19-16(23-20-15)22-8-6-21(7-9-22)11-13-3-1-2-12-10-18-5-4-14(12)13/h1-3,18H,4-11H2,(H2,17,20). The number of aromatic nitrogens is 2. The number of nitrogens with one attached hydrogen (secondary N) is 1. The zero-order chi connectivity index (χ0) is 15.6. The van der Waals surface area contributed by atoms with Gasteiger partial charge >= 0.3 is 0 Å². The van der Waals surface area contributed by atoms with E-state index in [4.69, 9.17) is 5.73 Å². The molecule has 4 rings (SSSR count). The van der Waals surface area contributed by atoms with Crippen molar-refractivity contribution in [3.63, 3.8) is 0 Å². The molecular weight excluding hydrogens is 308 g/mol. The molecule has 0 spiro atoms. The Labute approximate surface area is 140 Å². The first-order valence-electron chi connectivity index (χ1n) is 8.16. The molecule has 0 saturated carbocycles. The molecule has 1 aromatic carbocycles.